The van der Waals surface area contributed by atoms with Crippen LogP contribution in [0.15, 0.2) is 34.6 Å². The van der Waals surface area contributed by atoms with E-state index in [1.54, 1.807) is 30.3 Å². The predicted octanol–water partition coefficient (Wildman–Crippen LogP) is 4.10. The fraction of sp³-hybridized carbons (Fsp3) is 0.522. The Hall–Kier alpha value is -1.68. The molecule has 2 rings (SSSR count). The van der Waals surface area contributed by atoms with Gasteiger partial charge in [0.05, 0.1) is 10.7 Å². The lowest BCUT2D eigenvalue weighted by Gasteiger charge is -2.14. The number of benzene rings is 1. The summed E-state index contributed by atoms with van der Waals surface area (Å²) in [6.45, 7) is 10.9. The molecule has 2 aromatic rings. The van der Waals surface area contributed by atoms with Gasteiger partial charge in [-0.05, 0) is 31.0 Å². The molecule has 1 heterocycles. The van der Waals surface area contributed by atoms with Gasteiger partial charge in [0, 0.05) is 56.5 Å². The van der Waals surface area contributed by atoms with E-state index in [1.165, 1.54) is 0 Å². The number of nitrogens with one attached hydrogen (secondary N) is 2. The Morgan fingerprint density at radius 2 is 1.94 bits per heavy atom. The van der Waals surface area contributed by atoms with Gasteiger partial charge in [-0.3, -0.25) is 9.79 Å². The molecule has 172 valence electrons. The van der Waals surface area contributed by atoms with Crippen LogP contribution in [-0.2, 0) is 18.3 Å². The van der Waals surface area contributed by atoms with E-state index >= 15 is 0 Å². The number of carbonyl (C=O) groups excluding carboxylic acids is 1. The Bertz CT molecular complexity index is 858. The summed E-state index contributed by atoms with van der Waals surface area (Å²) in [5.41, 5.74) is 3.08. The van der Waals surface area contributed by atoms with E-state index in [9.17, 15) is 4.79 Å². The van der Waals surface area contributed by atoms with Crippen molar-refractivity contribution >= 4 is 47.2 Å². The maximum Gasteiger partial charge on any atom is 0.253 e. The second kappa shape index (κ2) is 13.0. The summed E-state index contributed by atoms with van der Waals surface area (Å²) in [6.07, 6.45) is 1.66. The van der Waals surface area contributed by atoms with Crippen LogP contribution in [0.1, 0.15) is 54.3 Å². The molecule has 0 fully saturated rings. The van der Waals surface area contributed by atoms with Crippen LogP contribution in [0.4, 0.5) is 0 Å². The van der Waals surface area contributed by atoms with E-state index in [1.807, 2.05) is 24.3 Å². The van der Waals surface area contributed by atoms with Crippen LogP contribution < -0.4 is 10.6 Å². The lowest BCUT2D eigenvalue weighted by molar-refractivity contribution is 0.0827. The Morgan fingerprint density at radius 3 is 2.55 bits per heavy atom. The SMILES string of the molecule is CCNC(=NCCc1nc(C(C)(C)C)cs1)NCCc1cccc(C(=O)N(C)C)c1.I. The molecule has 2 N–H and O–H groups in total. The first-order chi connectivity index (χ1) is 14.2. The fourth-order valence-electron chi connectivity index (χ4n) is 2.82. The molecule has 0 atom stereocenters. The van der Waals surface area contributed by atoms with E-state index in [0.29, 0.717) is 6.54 Å². The molecule has 0 saturated carbocycles. The van der Waals surface area contributed by atoms with Crippen molar-refractivity contribution in [2.24, 2.45) is 4.99 Å². The summed E-state index contributed by atoms with van der Waals surface area (Å²) in [7, 11) is 3.54. The van der Waals surface area contributed by atoms with Gasteiger partial charge in [0.1, 0.15) is 0 Å². The molecule has 0 aliphatic heterocycles. The molecule has 6 nitrogen and oxygen atoms in total. The van der Waals surface area contributed by atoms with Gasteiger partial charge in [-0.15, -0.1) is 35.3 Å². The molecule has 0 aliphatic carbocycles. The molecule has 1 amide bonds. The van der Waals surface area contributed by atoms with Crippen molar-refractivity contribution in [3.8, 4) is 0 Å². The summed E-state index contributed by atoms with van der Waals surface area (Å²) in [6, 6.07) is 7.80. The molecular weight excluding hydrogens is 521 g/mol. The maximum atomic E-state index is 12.1. The molecule has 0 saturated heterocycles. The third-order valence-corrected chi connectivity index (χ3v) is 5.45. The number of guanidine groups is 1. The largest absolute Gasteiger partial charge is 0.357 e. The fourth-order valence-corrected chi connectivity index (χ4v) is 3.83. The van der Waals surface area contributed by atoms with E-state index in [-0.39, 0.29) is 35.3 Å². The third-order valence-electron chi connectivity index (χ3n) is 4.55. The molecule has 0 spiro atoms. The quantitative estimate of drug-likeness (QED) is 0.292. The predicted molar refractivity (Wildman–Crippen MR) is 142 cm³/mol. The molecule has 1 aromatic carbocycles. The van der Waals surface area contributed by atoms with Crippen LogP contribution in [0.3, 0.4) is 0 Å². The minimum absolute atomic E-state index is 0. The number of hydrogen-bond acceptors (Lipinski definition) is 4. The zero-order valence-electron chi connectivity index (χ0n) is 19.5. The molecule has 0 unspecified atom stereocenters. The smallest absolute Gasteiger partial charge is 0.253 e. The number of hydrogen-bond donors (Lipinski definition) is 2. The van der Waals surface area contributed by atoms with Gasteiger partial charge in [-0.1, -0.05) is 32.9 Å². The van der Waals surface area contributed by atoms with Crippen LogP contribution >= 0.6 is 35.3 Å². The van der Waals surface area contributed by atoms with E-state index in [0.717, 1.165) is 53.7 Å². The van der Waals surface area contributed by atoms with E-state index in [4.69, 9.17) is 4.98 Å². The molecule has 31 heavy (non-hydrogen) atoms. The lowest BCUT2D eigenvalue weighted by atomic mass is 9.93. The Balaban J connectivity index is 0.00000480. The highest BCUT2D eigenvalue weighted by Crippen LogP contribution is 2.24. The lowest BCUT2D eigenvalue weighted by Crippen LogP contribution is -2.38. The first-order valence-electron chi connectivity index (χ1n) is 10.5. The highest BCUT2D eigenvalue weighted by atomic mass is 127. The highest BCUT2D eigenvalue weighted by molar-refractivity contribution is 14.0. The summed E-state index contributed by atoms with van der Waals surface area (Å²) < 4.78 is 0. The number of halogens is 1. The number of thiazole rings is 1. The molecule has 0 bridgehead atoms. The number of amides is 1. The van der Waals surface area contributed by atoms with Crippen LogP contribution in [0, 0.1) is 0 Å². The molecular formula is C23H36IN5OS. The minimum Gasteiger partial charge on any atom is -0.357 e. The van der Waals surface area contributed by atoms with Gasteiger partial charge in [0.25, 0.3) is 5.91 Å². The zero-order valence-corrected chi connectivity index (χ0v) is 22.6. The number of aliphatic imine (C=N–C) groups is 1. The summed E-state index contributed by atoms with van der Waals surface area (Å²) in [5, 5.41) is 9.95. The highest BCUT2D eigenvalue weighted by Gasteiger charge is 2.17. The molecule has 0 radical (unpaired) electrons. The van der Waals surface area contributed by atoms with Crippen molar-refractivity contribution in [2.45, 2.75) is 46.0 Å². The van der Waals surface area contributed by atoms with Gasteiger partial charge in [0.15, 0.2) is 5.96 Å². The van der Waals surface area contributed by atoms with Crippen molar-refractivity contribution < 1.29 is 4.79 Å². The Labute approximate surface area is 208 Å². The van der Waals surface area contributed by atoms with E-state index < -0.39 is 0 Å². The number of aromatic nitrogens is 1. The maximum absolute atomic E-state index is 12.1. The van der Waals surface area contributed by atoms with Crippen molar-refractivity contribution in [2.75, 3.05) is 33.7 Å². The van der Waals surface area contributed by atoms with Gasteiger partial charge in [-0.2, -0.15) is 0 Å². The Morgan fingerprint density at radius 1 is 1.19 bits per heavy atom. The van der Waals surface area contributed by atoms with Crippen molar-refractivity contribution in [1.82, 2.24) is 20.5 Å². The van der Waals surface area contributed by atoms with Crippen LogP contribution in [0.2, 0.25) is 0 Å². The monoisotopic (exact) mass is 557 g/mol. The first kappa shape index (κ1) is 27.4. The van der Waals surface area contributed by atoms with Gasteiger partial charge in [-0.25, -0.2) is 4.98 Å². The second-order valence-electron chi connectivity index (χ2n) is 8.46. The topological polar surface area (TPSA) is 69.6 Å². The van der Waals surface area contributed by atoms with Crippen molar-refractivity contribution in [1.29, 1.82) is 0 Å². The van der Waals surface area contributed by atoms with Crippen LogP contribution in [0.25, 0.3) is 0 Å². The van der Waals surface area contributed by atoms with Gasteiger partial charge < -0.3 is 15.5 Å². The molecule has 8 heteroatoms. The standard InChI is InChI=1S/C23H35N5OS.HI/c1-7-24-22(26-14-12-20-27-19(16-30-20)23(2,3)4)25-13-11-17-9-8-10-18(15-17)21(29)28(5)6;/h8-10,15-16H,7,11-14H2,1-6H3,(H2,24,25,26);1H. The average molecular weight is 558 g/mol. The number of rotatable bonds is 8. The number of carbonyl (C=O) groups is 1. The summed E-state index contributed by atoms with van der Waals surface area (Å²) in [4.78, 5) is 23.1. The number of nitrogens with zero attached hydrogens (tertiary/aromatic N) is 3. The van der Waals surface area contributed by atoms with E-state index in [2.05, 4.69) is 48.7 Å². The third kappa shape index (κ3) is 9.14. The minimum atomic E-state index is 0. The molecule has 1 aromatic heterocycles. The van der Waals surface area contributed by atoms with Gasteiger partial charge >= 0.3 is 0 Å². The van der Waals surface area contributed by atoms with Gasteiger partial charge in [0.2, 0.25) is 0 Å². The Kier molecular flexibility index (Phi) is 11.5. The summed E-state index contributed by atoms with van der Waals surface area (Å²) >= 11 is 1.71. The summed E-state index contributed by atoms with van der Waals surface area (Å²) in [5.74, 6) is 0.835. The normalized spacial score (nSPS) is 11.6. The van der Waals surface area contributed by atoms with Crippen molar-refractivity contribution in [3.05, 3.63) is 51.5 Å². The van der Waals surface area contributed by atoms with Crippen LogP contribution in [0.5, 0.6) is 0 Å². The zero-order chi connectivity index (χ0) is 22.1. The second-order valence-corrected chi connectivity index (χ2v) is 9.41. The first-order valence-corrected chi connectivity index (χ1v) is 11.4. The van der Waals surface area contributed by atoms with Crippen molar-refractivity contribution in [3.63, 3.8) is 0 Å². The average Bonchev–Trinajstić information content (AvgIpc) is 3.17. The molecule has 0 aliphatic rings. The van der Waals surface area contributed by atoms with Crippen LogP contribution in [-0.4, -0.2) is 55.5 Å².